The van der Waals surface area contributed by atoms with Gasteiger partial charge in [0.15, 0.2) is 0 Å². The van der Waals surface area contributed by atoms with E-state index < -0.39 is 0 Å². The van der Waals surface area contributed by atoms with E-state index in [9.17, 15) is 8.78 Å². The van der Waals surface area contributed by atoms with E-state index in [-0.39, 0.29) is 11.6 Å². The van der Waals surface area contributed by atoms with Crippen LogP contribution in [0, 0.1) is 11.6 Å². The highest BCUT2D eigenvalue weighted by Gasteiger charge is 2.22. The normalized spacial score (nSPS) is 19.3. The first-order valence-electron chi connectivity index (χ1n) is 7.64. The molecule has 0 spiro atoms. The lowest BCUT2D eigenvalue weighted by molar-refractivity contribution is 0.152. The van der Waals surface area contributed by atoms with E-state index in [2.05, 4.69) is 10.2 Å². The molecule has 116 valence electrons. The Hall–Kier alpha value is -1.78. The number of piperazine rings is 1. The van der Waals surface area contributed by atoms with Gasteiger partial charge in [0, 0.05) is 32.2 Å². The molecule has 1 N–H and O–H groups in total. The van der Waals surface area contributed by atoms with Gasteiger partial charge < -0.3 is 5.32 Å². The maximum absolute atomic E-state index is 13.0. The molecule has 22 heavy (non-hydrogen) atoms. The van der Waals surface area contributed by atoms with Crippen molar-refractivity contribution in [2.24, 2.45) is 0 Å². The molecule has 2 nitrogen and oxygen atoms in total. The summed E-state index contributed by atoms with van der Waals surface area (Å²) in [5, 5.41) is 3.42. The fourth-order valence-corrected chi connectivity index (χ4v) is 2.93. The van der Waals surface area contributed by atoms with Crippen LogP contribution >= 0.6 is 0 Å². The van der Waals surface area contributed by atoms with Crippen LogP contribution in [0.15, 0.2) is 48.5 Å². The summed E-state index contributed by atoms with van der Waals surface area (Å²) in [4.78, 5) is 2.41. The van der Waals surface area contributed by atoms with E-state index in [0.717, 1.165) is 43.7 Å². The first kappa shape index (κ1) is 15.1. The highest BCUT2D eigenvalue weighted by molar-refractivity contribution is 5.19. The van der Waals surface area contributed by atoms with Gasteiger partial charge in [-0.1, -0.05) is 24.3 Å². The average molecular weight is 302 g/mol. The summed E-state index contributed by atoms with van der Waals surface area (Å²) < 4.78 is 26.0. The largest absolute Gasteiger partial charge is 0.314 e. The van der Waals surface area contributed by atoms with Crippen LogP contribution in [0.5, 0.6) is 0 Å². The minimum Gasteiger partial charge on any atom is -0.314 e. The predicted molar refractivity (Wildman–Crippen MR) is 83.6 cm³/mol. The molecule has 2 aromatic rings. The molecule has 0 aliphatic carbocycles. The summed E-state index contributed by atoms with van der Waals surface area (Å²) in [6, 6.07) is 13.8. The van der Waals surface area contributed by atoms with Gasteiger partial charge in [-0.3, -0.25) is 4.90 Å². The molecule has 1 heterocycles. The summed E-state index contributed by atoms with van der Waals surface area (Å²) >= 11 is 0. The fourth-order valence-electron chi connectivity index (χ4n) is 2.93. The third kappa shape index (κ3) is 3.90. The number of rotatable bonds is 4. The second kappa shape index (κ2) is 6.99. The van der Waals surface area contributed by atoms with Gasteiger partial charge in [0.05, 0.1) is 0 Å². The summed E-state index contributed by atoms with van der Waals surface area (Å²) in [7, 11) is 0. The molecule has 0 bridgehead atoms. The van der Waals surface area contributed by atoms with E-state index in [1.54, 1.807) is 0 Å². The fraction of sp³-hybridized carbons (Fsp3) is 0.333. The smallest absolute Gasteiger partial charge is 0.123 e. The summed E-state index contributed by atoms with van der Waals surface area (Å²) in [6.45, 7) is 3.65. The second-order valence-electron chi connectivity index (χ2n) is 5.79. The molecule has 4 heteroatoms. The number of hydrogen-bond donors (Lipinski definition) is 1. The van der Waals surface area contributed by atoms with Gasteiger partial charge in [-0.15, -0.1) is 0 Å². The summed E-state index contributed by atoms with van der Waals surface area (Å²) in [5.74, 6) is -0.402. The van der Waals surface area contributed by atoms with Gasteiger partial charge in [-0.05, 0) is 41.8 Å². The van der Waals surface area contributed by atoms with Crippen LogP contribution in [0.25, 0.3) is 0 Å². The molecule has 0 saturated carbocycles. The van der Waals surface area contributed by atoms with Crippen molar-refractivity contribution in [1.29, 1.82) is 0 Å². The Morgan fingerprint density at radius 1 is 0.909 bits per heavy atom. The molecule has 0 amide bonds. The van der Waals surface area contributed by atoms with Crippen molar-refractivity contribution in [2.45, 2.75) is 19.0 Å². The zero-order valence-electron chi connectivity index (χ0n) is 12.4. The van der Waals surface area contributed by atoms with Crippen molar-refractivity contribution < 1.29 is 8.78 Å². The Bertz CT molecular complexity index is 540. The molecular formula is C18H20F2N2. The maximum Gasteiger partial charge on any atom is 0.123 e. The minimum absolute atomic E-state index is 0.200. The molecule has 0 aromatic heterocycles. The lowest BCUT2D eigenvalue weighted by Crippen LogP contribution is -2.51. The quantitative estimate of drug-likeness (QED) is 0.934. The van der Waals surface area contributed by atoms with E-state index in [0.29, 0.717) is 6.04 Å². The number of benzene rings is 2. The molecule has 1 aliphatic rings. The third-order valence-corrected chi connectivity index (χ3v) is 4.16. The van der Waals surface area contributed by atoms with Gasteiger partial charge in [-0.25, -0.2) is 8.78 Å². The Morgan fingerprint density at radius 3 is 2.14 bits per heavy atom. The van der Waals surface area contributed by atoms with Crippen LogP contribution in [0.1, 0.15) is 11.1 Å². The lowest BCUT2D eigenvalue weighted by atomic mass is 10.0. The third-order valence-electron chi connectivity index (χ3n) is 4.16. The highest BCUT2D eigenvalue weighted by atomic mass is 19.1. The van der Waals surface area contributed by atoms with E-state index >= 15 is 0 Å². The van der Waals surface area contributed by atoms with Gasteiger partial charge >= 0.3 is 0 Å². The number of halogens is 2. The van der Waals surface area contributed by atoms with Crippen LogP contribution in [-0.4, -0.2) is 30.6 Å². The van der Waals surface area contributed by atoms with Gasteiger partial charge in [0.25, 0.3) is 0 Å². The molecule has 2 aromatic carbocycles. The van der Waals surface area contributed by atoms with Crippen LogP contribution in [0.3, 0.4) is 0 Å². The molecule has 3 rings (SSSR count). The van der Waals surface area contributed by atoms with Gasteiger partial charge in [0.1, 0.15) is 11.6 Å². The topological polar surface area (TPSA) is 15.3 Å². The van der Waals surface area contributed by atoms with Crippen molar-refractivity contribution >= 4 is 0 Å². The number of hydrogen-bond acceptors (Lipinski definition) is 2. The van der Waals surface area contributed by atoms with Gasteiger partial charge in [0.2, 0.25) is 0 Å². The SMILES string of the molecule is Fc1ccc(CC2CNCCN2Cc2ccc(F)cc2)cc1. The Kier molecular flexibility index (Phi) is 4.80. The van der Waals surface area contributed by atoms with Crippen molar-refractivity contribution in [2.75, 3.05) is 19.6 Å². The Balaban J connectivity index is 1.68. The van der Waals surface area contributed by atoms with Crippen LogP contribution < -0.4 is 5.32 Å². The molecule has 1 saturated heterocycles. The molecule has 1 unspecified atom stereocenters. The van der Waals surface area contributed by atoms with Crippen molar-refractivity contribution in [3.8, 4) is 0 Å². The van der Waals surface area contributed by atoms with E-state index in [4.69, 9.17) is 0 Å². The average Bonchev–Trinajstić information content (AvgIpc) is 2.54. The number of nitrogens with one attached hydrogen (secondary N) is 1. The summed E-state index contributed by atoms with van der Waals surface area (Å²) in [6.07, 6.45) is 0.883. The predicted octanol–water partition coefficient (Wildman–Crippen LogP) is 2.98. The number of nitrogens with zero attached hydrogens (tertiary/aromatic N) is 1. The van der Waals surface area contributed by atoms with Crippen molar-refractivity contribution in [3.63, 3.8) is 0 Å². The van der Waals surface area contributed by atoms with Crippen LogP contribution in [-0.2, 0) is 13.0 Å². The maximum atomic E-state index is 13.0. The molecular weight excluding hydrogens is 282 g/mol. The minimum atomic E-state index is -0.202. The zero-order chi connectivity index (χ0) is 15.4. The molecule has 1 fully saturated rings. The zero-order valence-corrected chi connectivity index (χ0v) is 12.4. The van der Waals surface area contributed by atoms with Crippen molar-refractivity contribution in [3.05, 3.63) is 71.3 Å². The Labute approximate surface area is 129 Å². The summed E-state index contributed by atoms with van der Waals surface area (Å²) in [5.41, 5.74) is 2.26. The highest BCUT2D eigenvalue weighted by Crippen LogP contribution is 2.15. The lowest BCUT2D eigenvalue weighted by Gasteiger charge is -2.36. The standard InChI is InChI=1S/C18H20F2N2/c19-16-5-1-14(2-6-16)11-18-12-21-9-10-22(18)13-15-3-7-17(20)8-4-15/h1-8,18,21H,9-13H2. The van der Waals surface area contributed by atoms with Crippen molar-refractivity contribution in [1.82, 2.24) is 10.2 Å². The van der Waals surface area contributed by atoms with Crippen LogP contribution in [0.4, 0.5) is 8.78 Å². The first-order chi connectivity index (χ1) is 10.7. The Morgan fingerprint density at radius 2 is 1.50 bits per heavy atom. The second-order valence-corrected chi connectivity index (χ2v) is 5.79. The molecule has 0 radical (unpaired) electrons. The monoisotopic (exact) mass is 302 g/mol. The van der Waals surface area contributed by atoms with E-state index in [1.807, 2.05) is 24.3 Å². The molecule has 1 atom stereocenters. The van der Waals surface area contributed by atoms with Gasteiger partial charge in [-0.2, -0.15) is 0 Å². The first-order valence-corrected chi connectivity index (χ1v) is 7.64. The van der Waals surface area contributed by atoms with E-state index in [1.165, 1.54) is 24.3 Å². The molecule has 1 aliphatic heterocycles. The van der Waals surface area contributed by atoms with Crippen LogP contribution in [0.2, 0.25) is 0 Å².